The molecule has 1 fully saturated rings. The Labute approximate surface area is 117 Å². The van der Waals surface area contributed by atoms with Crippen molar-refractivity contribution in [2.75, 3.05) is 13.1 Å². The quantitative estimate of drug-likeness (QED) is 0.668. The maximum atomic E-state index is 12.0. The molecule has 6 heteroatoms. The van der Waals surface area contributed by atoms with Crippen molar-refractivity contribution in [2.45, 2.75) is 31.8 Å². The number of benzene rings is 1. The molecule has 6 nitrogen and oxygen atoms in total. The van der Waals surface area contributed by atoms with Gasteiger partial charge in [0.25, 0.3) is 5.69 Å². The molecule has 0 saturated carbocycles. The van der Waals surface area contributed by atoms with Crippen LogP contribution in [0.5, 0.6) is 0 Å². The van der Waals surface area contributed by atoms with Gasteiger partial charge in [-0.05, 0) is 24.8 Å². The molecule has 0 spiro atoms. The lowest BCUT2D eigenvalue weighted by Crippen LogP contribution is -2.40. The van der Waals surface area contributed by atoms with Gasteiger partial charge in [-0.1, -0.05) is 12.1 Å². The molecule has 1 aromatic carbocycles. The molecule has 1 aromatic rings. The molecule has 2 rings (SSSR count). The second kappa shape index (κ2) is 6.47. The fourth-order valence-corrected chi connectivity index (χ4v) is 2.35. The maximum Gasteiger partial charge on any atom is 0.269 e. The van der Waals surface area contributed by atoms with Gasteiger partial charge in [-0.3, -0.25) is 14.9 Å². The number of hydrogen-bond acceptors (Lipinski definition) is 4. The van der Waals surface area contributed by atoms with Crippen LogP contribution in [0.3, 0.4) is 0 Å². The Morgan fingerprint density at radius 2 is 2.10 bits per heavy atom. The molecule has 1 aliphatic rings. The highest BCUT2D eigenvalue weighted by atomic mass is 16.6. The molecule has 1 heterocycles. The van der Waals surface area contributed by atoms with E-state index in [0.29, 0.717) is 38.8 Å². The first-order valence-electron chi connectivity index (χ1n) is 6.75. The molecule has 1 aliphatic heterocycles. The van der Waals surface area contributed by atoms with E-state index in [1.165, 1.54) is 12.1 Å². The lowest BCUT2D eigenvalue weighted by Gasteiger charge is -2.29. The van der Waals surface area contributed by atoms with Crippen LogP contribution in [0.4, 0.5) is 5.69 Å². The fourth-order valence-electron chi connectivity index (χ4n) is 2.35. The average Bonchev–Trinajstić information content (AvgIpc) is 2.46. The number of amides is 1. The van der Waals surface area contributed by atoms with Crippen molar-refractivity contribution < 1.29 is 14.8 Å². The van der Waals surface area contributed by atoms with Crippen LogP contribution in [0.2, 0.25) is 0 Å². The minimum absolute atomic E-state index is 0.0448. The standard InChI is InChI=1S/C14H18N2O4/c17-13-6-8-15(9-7-13)14(18)5-4-11-2-1-3-12(10-11)16(19)20/h1-3,10,13,17H,4-9H2. The minimum Gasteiger partial charge on any atom is -0.393 e. The Morgan fingerprint density at radius 3 is 2.75 bits per heavy atom. The monoisotopic (exact) mass is 278 g/mol. The number of nitro groups is 1. The summed E-state index contributed by atoms with van der Waals surface area (Å²) >= 11 is 0. The van der Waals surface area contributed by atoms with Crippen LogP contribution in [-0.2, 0) is 11.2 Å². The third kappa shape index (κ3) is 3.77. The van der Waals surface area contributed by atoms with Crippen LogP contribution in [0.25, 0.3) is 0 Å². The Hall–Kier alpha value is -1.95. The SMILES string of the molecule is O=C(CCc1cccc([N+](=O)[O-])c1)N1CCC(O)CC1. The number of aliphatic hydroxyl groups excluding tert-OH is 1. The number of likely N-dealkylation sites (tertiary alicyclic amines) is 1. The van der Waals surface area contributed by atoms with Crippen molar-refractivity contribution in [3.63, 3.8) is 0 Å². The largest absolute Gasteiger partial charge is 0.393 e. The molecule has 0 atom stereocenters. The number of carbonyl (C=O) groups excluding carboxylic acids is 1. The third-order valence-electron chi connectivity index (χ3n) is 3.57. The number of aliphatic hydroxyl groups is 1. The van der Waals surface area contributed by atoms with Crippen molar-refractivity contribution in [2.24, 2.45) is 0 Å². The molecule has 0 aliphatic carbocycles. The maximum absolute atomic E-state index is 12.0. The molecule has 1 N–H and O–H groups in total. The van der Waals surface area contributed by atoms with E-state index in [1.807, 2.05) is 0 Å². The van der Waals surface area contributed by atoms with Crippen molar-refractivity contribution in [3.8, 4) is 0 Å². The summed E-state index contributed by atoms with van der Waals surface area (Å²) in [6, 6.07) is 6.38. The normalized spacial score (nSPS) is 16.1. The Kier molecular flexibility index (Phi) is 4.68. The summed E-state index contributed by atoms with van der Waals surface area (Å²) in [7, 11) is 0. The summed E-state index contributed by atoms with van der Waals surface area (Å²) in [5, 5.41) is 20.1. The highest BCUT2D eigenvalue weighted by Crippen LogP contribution is 2.16. The summed E-state index contributed by atoms with van der Waals surface area (Å²) in [5.74, 6) is 0.0448. The first-order valence-corrected chi connectivity index (χ1v) is 6.75. The van der Waals surface area contributed by atoms with Gasteiger partial charge >= 0.3 is 0 Å². The zero-order valence-electron chi connectivity index (χ0n) is 11.2. The van der Waals surface area contributed by atoms with Gasteiger partial charge in [0.05, 0.1) is 11.0 Å². The van der Waals surface area contributed by atoms with Gasteiger partial charge in [0, 0.05) is 31.6 Å². The topological polar surface area (TPSA) is 83.7 Å². The van der Waals surface area contributed by atoms with Crippen LogP contribution in [0.15, 0.2) is 24.3 Å². The molecule has 1 saturated heterocycles. The van der Waals surface area contributed by atoms with Gasteiger partial charge in [0.1, 0.15) is 0 Å². The fraction of sp³-hybridized carbons (Fsp3) is 0.500. The van der Waals surface area contributed by atoms with Crippen LogP contribution >= 0.6 is 0 Å². The first kappa shape index (κ1) is 14.5. The highest BCUT2D eigenvalue weighted by molar-refractivity contribution is 5.76. The van der Waals surface area contributed by atoms with E-state index in [2.05, 4.69) is 0 Å². The van der Waals surface area contributed by atoms with Crippen molar-refractivity contribution in [1.29, 1.82) is 0 Å². The van der Waals surface area contributed by atoms with E-state index in [9.17, 15) is 20.0 Å². The molecule has 1 amide bonds. The minimum atomic E-state index is -0.433. The Morgan fingerprint density at radius 1 is 1.40 bits per heavy atom. The molecule has 0 bridgehead atoms. The van der Waals surface area contributed by atoms with Crippen molar-refractivity contribution >= 4 is 11.6 Å². The van der Waals surface area contributed by atoms with E-state index in [0.717, 1.165) is 5.56 Å². The number of rotatable bonds is 4. The molecular formula is C14H18N2O4. The predicted molar refractivity (Wildman–Crippen MR) is 73.2 cm³/mol. The number of nitro benzene ring substituents is 1. The van der Waals surface area contributed by atoms with Crippen LogP contribution in [-0.4, -0.2) is 40.0 Å². The third-order valence-corrected chi connectivity index (χ3v) is 3.57. The number of carbonyl (C=O) groups is 1. The summed E-state index contributed by atoms with van der Waals surface area (Å²) in [6.45, 7) is 1.18. The number of piperidine rings is 1. The van der Waals surface area contributed by atoms with Crippen molar-refractivity contribution in [3.05, 3.63) is 39.9 Å². The number of hydrogen-bond donors (Lipinski definition) is 1. The van der Waals surface area contributed by atoms with Gasteiger partial charge in [0.2, 0.25) is 5.91 Å². The van der Waals surface area contributed by atoms with Crippen LogP contribution in [0.1, 0.15) is 24.8 Å². The molecule has 108 valence electrons. The van der Waals surface area contributed by atoms with Gasteiger partial charge in [0.15, 0.2) is 0 Å². The van der Waals surface area contributed by atoms with E-state index in [4.69, 9.17) is 0 Å². The van der Waals surface area contributed by atoms with Gasteiger partial charge in [-0.25, -0.2) is 0 Å². The van der Waals surface area contributed by atoms with E-state index < -0.39 is 4.92 Å². The number of non-ortho nitro benzene ring substituents is 1. The lowest BCUT2D eigenvalue weighted by atomic mass is 10.1. The predicted octanol–water partition coefficient (Wildman–Crippen LogP) is 1.51. The van der Waals surface area contributed by atoms with Crippen molar-refractivity contribution in [1.82, 2.24) is 4.90 Å². The molecule has 0 radical (unpaired) electrons. The van der Waals surface area contributed by atoms with E-state index >= 15 is 0 Å². The number of aryl methyl sites for hydroxylation is 1. The smallest absolute Gasteiger partial charge is 0.269 e. The zero-order chi connectivity index (χ0) is 14.5. The summed E-state index contributed by atoms with van der Waals surface area (Å²) in [6.07, 6.45) is 1.80. The Balaban J connectivity index is 1.87. The summed E-state index contributed by atoms with van der Waals surface area (Å²) in [5.41, 5.74) is 0.848. The average molecular weight is 278 g/mol. The molecular weight excluding hydrogens is 260 g/mol. The second-order valence-electron chi connectivity index (χ2n) is 5.04. The number of nitrogens with zero attached hydrogens (tertiary/aromatic N) is 2. The van der Waals surface area contributed by atoms with E-state index in [1.54, 1.807) is 17.0 Å². The molecule has 0 aromatic heterocycles. The zero-order valence-corrected chi connectivity index (χ0v) is 11.2. The lowest BCUT2D eigenvalue weighted by molar-refractivity contribution is -0.384. The highest BCUT2D eigenvalue weighted by Gasteiger charge is 2.20. The summed E-state index contributed by atoms with van der Waals surface area (Å²) in [4.78, 5) is 24.0. The Bertz CT molecular complexity index is 496. The molecule has 0 unspecified atom stereocenters. The van der Waals surface area contributed by atoms with Gasteiger partial charge < -0.3 is 10.0 Å². The van der Waals surface area contributed by atoms with E-state index in [-0.39, 0.29) is 17.7 Å². The summed E-state index contributed by atoms with van der Waals surface area (Å²) < 4.78 is 0. The van der Waals surface area contributed by atoms with Crippen LogP contribution in [0, 0.1) is 10.1 Å². The van der Waals surface area contributed by atoms with Gasteiger partial charge in [-0.15, -0.1) is 0 Å². The molecule has 20 heavy (non-hydrogen) atoms. The van der Waals surface area contributed by atoms with Crippen LogP contribution < -0.4 is 0 Å². The van der Waals surface area contributed by atoms with Gasteiger partial charge in [-0.2, -0.15) is 0 Å². The first-order chi connectivity index (χ1) is 9.56. The second-order valence-corrected chi connectivity index (χ2v) is 5.04.